The molecule has 7 nitrogen and oxygen atoms in total. The smallest absolute Gasteiger partial charge is 0.261 e. The number of amides is 1. The molecule has 1 heterocycles. The van der Waals surface area contributed by atoms with Crippen LogP contribution in [-0.4, -0.2) is 58.6 Å². The number of morpholine rings is 1. The van der Waals surface area contributed by atoms with Gasteiger partial charge in [0, 0.05) is 30.9 Å². The number of sulfonamides is 1. The van der Waals surface area contributed by atoms with Crippen molar-refractivity contribution in [3.8, 4) is 0 Å². The standard InChI is InChI=1S/C22H29N3O4S/c1-17-4-7-19(8-5-17)24-30(27,28)20-9-6-18(2)21(16-20)22(26)23-10-3-11-25-12-14-29-15-13-25/h4-9,16,24H,3,10-15H2,1-2H3,(H,23,26). The van der Waals surface area contributed by atoms with Crippen LogP contribution in [0.3, 0.4) is 0 Å². The summed E-state index contributed by atoms with van der Waals surface area (Å²) in [7, 11) is -3.79. The Morgan fingerprint density at radius 3 is 2.47 bits per heavy atom. The van der Waals surface area contributed by atoms with Crippen molar-refractivity contribution in [1.29, 1.82) is 0 Å². The van der Waals surface area contributed by atoms with Crippen molar-refractivity contribution in [3.63, 3.8) is 0 Å². The lowest BCUT2D eigenvalue weighted by atomic mass is 10.1. The molecule has 30 heavy (non-hydrogen) atoms. The summed E-state index contributed by atoms with van der Waals surface area (Å²) in [5.41, 5.74) is 2.62. The third-order valence-corrected chi connectivity index (χ3v) is 6.49. The topological polar surface area (TPSA) is 87.7 Å². The Balaban J connectivity index is 1.61. The van der Waals surface area contributed by atoms with E-state index in [-0.39, 0.29) is 10.8 Å². The first kappa shape index (κ1) is 22.3. The fourth-order valence-corrected chi connectivity index (χ4v) is 4.36. The van der Waals surface area contributed by atoms with Crippen LogP contribution in [0.25, 0.3) is 0 Å². The van der Waals surface area contributed by atoms with Crippen molar-refractivity contribution in [3.05, 3.63) is 59.2 Å². The average molecular weight is 432 g/mol. The lowest BCUT2D eigenvalue weighted by Crippen LogP contribution is -2.38. The highest BCUT2D eigenvalue weighted by atomic mass is 32.2. The summed E-state index contributed by atoms with van der Waals surface area (Å²) in [5, 5.41) is 2.90. The normalized spacial score (nSPS) is 15.0. The third-order valence-electron chi connectivity index (χ3n) is 5.11. The number of ether oxygens (including phenoxy) is 1. The fraction of sp³-hybridized carbons (Fsp3) is 0.409. The third kappa shape index (κ3) is 6.04. The van der Waals surface area contributed by atoms with Gasteiger partial charge in [0.05, 0.1) is 18.1 Å². The second kappa shape index (κ2) is 10.1. The van der Waals surface area contributed by atoms with Gasteiger partial charge in [0.1, 0.15) is 0 Å². The Kier molecular flexibility index (Phi) is 7.47. The van der Waals surface area contributed by atoms with Crippen LogP contribution in [0.1, 0.15) is 27.9 Å². The minimum absolute atomic E-state index is 0.0622. The zero-order valence-electron chi connectivity index (χ0n) is 17.5. The molecule has 3 rings (SSSR count). The molecule has 0 aromatic heterocycles. The summed E-state index contributed by atoms with van der Waals surface area (Å²) in [6, 6.07) is 11.7. The Labute approximate surface area is 178 Å². The van der Waals surface area contributed by atoms with Crippen molar-refractivity contribution < 1.29 is 17.9 Å². The summed E-state index contributed by atoms with van der Waals surface area (Å²) < 4.78 is 33.4. The molecular formula is C22H29N3O4S. The van der Waals surface area contributed by atoms with Crippen molar-refractivity contribution >= 4 is 21.6 Å². The summed E-state index contributed by atoms with van der Waals surface area (Å²) >= 11 is 0. The highest BCUT2D eigenvalue weighted by molar-refractivity contribution is 7.92. The maximum absolute atomic E-state index is 12.7. The molecule has 162 valence electrons. The molecule has 1 fully saturated rings. The predicted octanol–water partition coefficient (Wildman–Crippen LogP) is 2.56. The molecule has 1 amide bonds. The minimum atomic E-state index is -3.79. The second-order valence-electron chi connectivity index (χ2n) is 7.51. The second-order valence-corrected chi connectivity index (χ2v) is 9.19. The predicted molar refractivity (Wildman–Crippen MR) is 117 cm³/mol. The van der Waals surface area contributed by atoms with Gasteiger partial charge in [0.25, 0.3) is 15.9 Å². The zero-order chi connectivity index (χ0) is 21.6. The Morgan fingerprint density at radius 1 is 1.07 bits per heavy atom. The van der Waals surface area contributed by atoms with Gasteiger partial charge in [-0.25, -0.2) is 8.42 Å². The molecular weight excluding hydrogens is 402 g/mol. The van der Waals surface area contributed by atoms with E-state index in [1.807, 2.05) is 19.1 Å². The number of carbonyl (C=O) groups excluding carboxylic acids is 1. The quantitative estimate of drug-likeness (QED) is 0.627. The number of nitrogens with zero attached hydrogens (tertiary/aromatic N) is 1. The van der Waals surface area contributed by atoms with Crippen LogP contribution >= 0.6 is 0 Å². The van der Waals surface area contributed by atoms with Gasteiger partial charge in [0.2, 0.25) is 0 Å². The summed E-state index contributed by atoms with van der Waals surface area (Å²) in [4.78, 5) is 15.0. The SMILES string of the molecule is Cc1ccc(NS(=O)(=O)c2ccc(C)c(C(=O)NCCCN3CCOCC3)c2)cc1. The van der Waals surface area contributed by atoms with Crippen LogP contribution in [0.4, 0.5) is 5.69 Å². The molecule has 0 atom stereocenters. The zero-order valence-corrected chi connectivity index (χ0v) is 18.3. The van der Waals surface area contributed by atoms with Crippen molar-refractivity contribution in [2.75, 3.05) is 44.1 Å². The van der Waals surface area contributed by atoms with Crippen molar-refractivity contribution in [1.82, 2.24) is 10.2 Å². The number of benzene rings is 2. The molecule has 0 saturated carbocycles. The van der Waals surface area contributed by atoms with E-state index in [0.29, 0.717) is 17.8 Å². The van der Waals surface area contributed by atoms with Gasteiger partial charge in [-0.1, -0.05) is 23.8 Å². The summed E-state index contributed by atoms with van der Waals surface area (Å²) in [6.07, 6.45) is 0.831. The van der Waals surface area contributed by atoms with E-state index < -0.39 is 10.0 Å². The number of hydrogen-bond acceptors (Lipinski definition) is 5. The van der Waals surface area contributed by atoms with Crippen LogP contribution in [-0.2, 0) is 14.8 Å². The number of hydrogen-bond donors (Lipinski definition) is 2. The van der Waals surface area contributed by atoms with Crippen molar-refractivity contribution in [2.24, 2.45) is 0 Å². The van der Waals surface area contributed by atoms with E-state index in [2.05, 4.69) is 14.9 Å². The minimum Gasteiger partial charge on any atom is -0.379 e. The molecule has 8 heteroatoms. The van der Waals surface area contributed by atoms with Gasteiger partial charge in [-0.3, -0.25) is 14.4 Å². The molecule has 1 aliphatic heterocycles. The number of rotatable bonds is 8. The van der Waals surface area contributed by atoms with E-state index in [0.717, 1.165) is 50.4 Å². The van der Waals surface area contributed by atoms with Crippen LogP contribution in [0.2, 0.25) is 0 Å². The molecule has 0 bridgehead atoms. The van der Waals surface area contributed by atoms with Crippen LogP contribution < -0.4 is 10.0 Å². The average Bonchev–Trinajstić information content (AvgIpc) is 2.73. The molecule has 0 spiro atoms. The van der Waals surface area contributed by atoms with E-state index in [9.17, 15) is 13.2 Å². The van der Waals surface area contributed by atoms with Gasteiger partial charge in [-0.15, -0.1) is 0 Å². The van der Waals surface area contributed by atoms with E-state index >= 15 is 0 Å². The molecule has 0 unspecified atom stereocenters. The van der Waals surface area contributed by atoms with Crippen LogP contribution in [0, 0.1) is 13.8 Å². The molecule has 2 aromatic rings. The maximum atomic E-state index is 12.7. The molecule has 1 aliphatic rings. The summed E-state index contributed by atoms with van der Waals surface area (Å²) in [5.74, 6) is -0.262. The first-order valence-corrected chi connectivity index (χ1v) is 11.6. The van der Waals surface area contributed by atoms with Gasteiger partial charge in [-0.05, 0) is 56.6 Å². The highest BCUT2D eigenvalue weighted by Crippen LogP contribution is 2.20. The van der Waals surface area contributed by atoms with Crippen molar-refractivity contribution in [2.45, 2.75) is 25.2 Å². The monoisotopic (exact) mass is 431 g/mol. The lowest BCUT2D eigenvalue weighted by molar-refractivity contribution is 0.0374. The highest BCUT2D eigenvalue weighted by Gasteiger charge is 2.18. The Bertz CT molecular complexity index is 968. The number of aryl methyl sites for hydroxylation is 2. The van der Waals surface area contributed by atoms with Crippen LogP contribution in [0.15, 0.2) is 47.4 Å². The Hall–Kier alpha value is -2.42. The van der Waals surface area contributed by atoms with Gasteiger partial charge < -0.3 is 10.1 Å². The van der Waals surface area contributed by atoms with Crippen LogP contribution in [0.5, 0.6) is 0 Å². The van der Waals surface area contributed by atoms with Gasteiger partial charge in [-0.2, -0.15) is 0 Å². The largest absolute Gasteiger partial charge is 0.379 e. The summed E-state index contributed by atoms with van der Waals surface area (Å²) in [6.45, 7) is 8.51. The van der Waals surface area contributed by atoms with E-state index in [1.54, 1.807) is 25.1 Å². The molecule has 1 saturated heterocycles. The Morgan fingerprint density at radius 2 is 1.77 bits per heavy atom. The molecule has 2 N–H and O–H groups in total. The molecule has 2 aromatic carbocycles. The number of anilines is 1. The van der Waals surface area contributed by atoms with Gasteiger partial charge in [0.15, 0.2) is 0 Å². The number of nitrogens with one attached hydrogen (secondary N) is 2. The lowest BCUT2D eigenvalue weighted by Gasteiger charge is -2.26. The first-order chi connectivity index (χ1) is 14.3. The maximum Gasteiger partial charge on any atom is 0.261 e. The fourth-order valence-electron chi connectivity index (χ4n) is 3.27. The van der Waals surface area contributed by atoms with E-state index in [1.165, 1.54) is 12.1 Å². The first-order valence-electron chi connectivity index (χ1n) is 10.1. The van der Waals surface area contributed by atoms with Gasteiger partial charge >= 0.3 is 0 Å². The number of carbonyl (C=O) groups is 1. The molecule has 0 aliphatic carbocycles. The van der Waals surface area contributed by atoms with E-state index in [4.69, 9.17) is 4.74 Å². The molecule has 0 radical (unpaired) electrons.